The highest BCUT2D eigenvalue weighted by atomic mass is 79.9. The summed E-state index contributed by atoms with van der Waals surface area (Å²) in [5.74, 6) is 2.16. The van der Waals surface area contributed by atoms with E-state index in [1.165, 1.54) is 0 Å². The largest absolute Gasteiger partial charge is 0.497 e. The lowest BCUT2D eigenvalue weighted by molar-refractivity contribution is 0.280. The number of hydrogen-bond donors (Lipinski definition) is 1. The average Bonchev–Trinajstić information content (AvgIpc) is 2.75. The molecule has 0 saturated carbocycles. The van der Waals surface area contributed by atoms with Crippen molar-refractivity contribution in [2.24, 2.45) is 0 Å². The lowest BCUT2D eigenvalue weighted by Crippen LogP contribution is -2.14. The van der Waals surface area contributed by atoms with Gasteiger partial charge in [-0.2, -0.15) is 0 Å². The first-order valence-electron chi connectivity index (χ1n) is 9.27. The minimum Gasteiger partial charge on any atom is -0.497 e. The van der Waals surface area contributed by atoms with E-state index in [0.29, 0.717) is 41.2 Å². The Balaban J connectivity index is 1.74. The molecular weight excluding hydrogens is 489 g/mol. The van der Waals surface area contributed by atoms with Crippen LogP contribution >= 0.6 is 39.1 Å². The molecule has 0 spiro atoms. The molecule has 158 valence electrons. The van der Waals surface area contributed by atoms with Crippen LogP contribution in [-0.2, 0) is 19.7 Å². The zero-order valence-electron chi connectivity index (χ0n) is 16.7. The molecule has 0 saturated heterocycles. The van der Waals surface area contributed by atoms with Crippen LogP contribution in [-0.4, -0.2) is 14.2 Å². The van der Waals surface area contributed by atoms with Crippen molar-refractivity contribution < 1.29 is 14.2 Å². The summed E-state index contributed by atoms with van der Waals surface area (Å²) in [6.45, 7) is 1.60. The molecule has 0 radical (unpaired) electrons. The highest BCUT2D eigenvalue weighted by Gasteiger charge is 2.15. The third-order valence-electron chi connectivity index (χ3n) is 4.56. The zero-order valence-corrected chi connectivity index (χ0v) is 19.8. The van der Waals surface area contributed by atoms with E-state index in [1.54, 1.807) is 26.4 Å². The van der Waals surface area contributed by atoms with Gasteiger partial charge < -0.3 is 19.5 Å². The predicted molar refractivity (Wildman–Crippen MR) is 125 cm³/mol. The van der Waals surface area contributed by atoms with Gasteiger partial charge in [0.15, 0.2) is 11.5 Å². The van der Waals surface area contributed by atoms with Crippen molar-refractivity contribution in [1.29, 1.82) is 0 Å². The van der Waals surface area contributed by atoms with Crippen LogP contribution in [0.4, 0.5) is 0 Å². The van der Waals surface area contributed by atoms with Crippen LogP contribution in [0.3, 0.4) is 0 Å². The molecule has 3 rings (SSSR count). The van der Waals surface area contributed by atoms with Crippen LogP contribution < -0.4 is 19.5 Å². The van der Waals surface area contributed by atoms with E-state index < -0.39 is 0 Å². The van der Waals surface area contributed by atoms with Gasteiger partial charge in [-0.25, -0.2) is 0 Å². The molecule has 0 aliphatic carbocycles. The van der Waals surface area contributed by atoms with Crippen molar-refractivity contribution in [2.45, 2.75) is 19.7 Å². The summed E-state index contributed by atoms with van der Waals surface area (Å²) < 4.78 is 17.8. The van der Waals surface area contributed by atoms with Gasteiger partial charge >= 0.3 is 0 Å². The van der Waals surface area contributed by atoms with Gasteiger partial charge in [0.2, 0.25) is 0 Å². The molecule has 4 nitrogen and oxygen atoms in total. The highest BCUT2D eigenvalue weighted by Crippen LogP contribution is 2.37. The minimum absolute atomic E-state index is 0.300. The number of benzene rings is 3. The Morgan fingerprint density at radius 3 is 2.33 bits per heavy atom. The quantitative estimate of drug-likeness (QED) is 0.350. The fourth-order valence-corrected chi connectivity index (χ4v) is 3.85. The van der Waals surface area contributed by atoms with Crippen LogP contribution in [0.1, 0.15) is 16.7 Å². The van der Waals surface area contributed by atoms with Crippen LogP contribution in [0.2, 0.25) is 10.0 Å². The maximum absolute atomic E-state index is 6.29. The van der Waals surface area contributed by atoms with Crippen LogP contribution in [0.25, 0.3) is 0 Å². The monoisotopic (exact) mass is 509 g/mol. The summed E-state index contributed by atoms with van der Waals surface area (Å²) >= 11 is 15.9. The van der Waals surface area contributed by atoms with Crippen molar-refractivity contribution in [2.75, 3.05) is 14.2 Å². The summed E-state index contributed by atoms with van der Waals surface area (Å²) in [5, 5.41) is 4.61. The van der Waals surface area contributed by atoms with Crippen molar-refractivity contribution >= 4 is 39.1 Å². The molecule has 30 heavy (non-hydrogen) atoms. The van der Waals surface area contributed by atoms with Gasteiger partial charge in [-0.15, -0.1) is 0 Å². The maximum Gasteiger partial charge on any atom is 0.167 e. The van der Waals surface area contributed by atoms with E-state index in [2.05, 4.69) is 21.2 Å². The predicted octanol–water partition coefficient (Wildman–Crippen LogP) is 6.64. The number of methoxy groups -OCH3 is 2. The first-order valence-corrected chi connectivity index (χ1v) is 10.8. The minimum atomic E-state index is 0.300. The van der Waals surface area contributed by atoms with E-state index in [9.17, 15) is 0 Å². The molecule has 0 amide bonds. The Labute approximate surface area is 195 Å². The lowest BCUT2D eigenvalue weighted by Gasteiger charge is -2.18. The second-order valence-corrected chi connectivity index (χ2v) is 8.23. The molecular formula is C23H22BrCl2NO3. The summed E-state index contributed by atoms with van der Waals surface area (Å²) in [6, 6.07) is 17.1. The van der Waals surface area contributed by atoms with E-state index >= 15 is 0 Å². The smallest absolute Gasteiger partial charge is 0.167 e. The molecule has 0 fully saturated rings. The van der Waals surface area contributed by atoms with Crippen LogP contribution in [0, 0.1) is 0 Å². The highest BCUT2D eigenvalue weighted by molar-refractivity contribution is 9.10. The van der Waals surface area contributed by atoms with E-state index in [0.717, 1.165) is 26.9 Å². The van der Waals surface area contributed by atoms with Crippen molar-refractivity contribution in [3.63, 3.8) is 0 Å². The Bertz CT molecular complexity index is 996. The van der Waals surface area contributed by atoms with Gasteiger partial charge in [0.05, 0.1) is 14.2 Å². The zero-order chi connectivity index (χ0) is 21.5. The number of rotatable bonds is 9. The topological polar surface area (TPSA) is 39.7 Å². The second kappa shape index (κ2) is 10.9. The van der Waals surface area contributed by atoms with E-state index in [1.807, 2.05) is 42.5 Å². The fourth-order valence-electron chi connectivity index (χ4n) is 2.93. The van der Waals surface area contributed by atoms with Gasteiger partial charge in [0, 0.05) is 38.7 Å². The average molecular weight is 511 g/mol. The first kappa shape index (κ1) is 22.8. The molecule has 0 aliphatic heterocycles. The molecule has 3 aromatic carbocycles. The lowest BCUT2D eigenvalue weighted by atomic mass is 10.1. The Hall–Kier alpha value is -1.92. The van der Waals surface area contributed by atoms with Gasteiger partial charge in [-0.05, 0) is 42.0 Å². The molecule has 0 aromatic heterocycles. The Morgan fingerprint density at radius 1 is 0.900 bits per heavy atom. The number of ether oxygens (including phenoxy) is 3. The summed E-state index contributed by atoms with van der Waals surface area (Å²) in [7, 11) is 3.28. The van der Waals surface area contributed by atoms with Gasteiger partial charge in [0.1, 0.15) is 12.4 Å². The molecule has 0 atom stereocenters. The van der Waals surface area contributed by atoms with Crippen LogP contribution in [0.15, 0.2) is 59.1 Å². The number of halogens is 3. The van der Waals surface area contributed by atoms with Gasteiger partial charge in [0.25, 0.3) is 0 Å². The summed E-state index contributed by atoms with van der Waals surface area (Å²) in [6.07, 6.45) is 0. The Kier molecular flexibility index (Phi) is 8.28. The summed E-state index contributed by atoms with van der Waals surface area (Å²) in [4.78, 5) is 0. The van der Waals surface area contributed by atoms with Crippen molar-refractivity contribution in [3.8, 4) is 17.2 Å². The summed E-state index contributed by atoms with van der Waals surface area (Å²) in [5.41, 5.74) is 2.97. The number of nitrogens with one attached hydrogen (secondary N) is 1. The second-order valence-electron chi connectivity index (χ2n) is 6.53. The maximum atomic E-state index is 6.29. The molecule has 0 heterocycles. The molecule has 7 heteroatoms. The standard InChI is InChI=1S/C23H22BrCl2NO3/c1-28-18-7-3-15(4-8-18)12-27-13-19-20(24)9-10-22(29-2)23(19)30-14-16-5-6-17(25)11-21(16)26/h3-11,27H,12-14H2,1-2H3. The molecule has 1 N–H and O–H groups in total. The third-order valence-corrected chi connectivity index (χ3v) is 5.89. The fraction of sp³-hybridized carbons (Fsp3) is 0.217. The van der Waals surface area contributed by atoms with Gasteiger partial charge in [-0.1, -0.05) is 57.3 Å². The number of hydrogen-bond acceptors (Lipinski definition) is 4. The molecule has 0 bridgehead atoms. The first-order chi connectivity index (χ1) is 14.5. The normalized spacial score (nSPS) is 10.7. The SMILES string of the molecule is COc1ccc(CNCc2c(Br)ccc(OC)c2OCc2ccc(Cl)cc2Cl)cc1. The molecule has 0 aliphatic rings. The van der Waals surface area contributed by atoms with E-state index in [-0.39, 0.29) is 0 Å². The Morgan fingerprint density at radius 2 is 1.67 bits per heavy atom. The van der Waals surface area contributed by atoms with Crippen molar-refractivity contribution in [3.05, 3.63) is 85.8 Å². The van der Waals surface area contributed by atoms with Gasteiger partial charge in [-0.3, -0.25) is 0 Å². The van der Waals surface area contributed by atoms with Crippen LogP contribution in [0.5, 0.6) is 17.2 Å². The van der Waals surface area contributed by atoms with Crippen molar-refractivity contribution in [1.82, 2.24) is 5.32 Å². The third kappa shape index (κ3) is 5.82. The molecule has 3 aromatic rings. The molecule has 0 unspecified atom stereocenters. The van der Waals surface area contributed by atoms with E-state index in [4.69, 9.17) is 37.4 Å².